The number of rotatable bonds is 4. The first-order valence-corrected chi connectivity index (χ1v) is 8.42. The van der Waals surface area contributed by atoms with Crippen LogP contribution < -0.4 is 5.32 Å². The van der Waals surface area contributed by atoms with E-state index in [9.17, 15) is 13.2 Å². The molecular weight excluding hydrogens is 262 g/mol. The maximum atomic E-state index is 11.5. The number of carbonyl (C=O) groups excluding carboxylic acids is 1. The van der Waals surface area contributed by atoms with Gasteiger partial charge >= 0.3 is 0 Å². The highest BCUT2D eigenvalue weighted by atomic mass is 32.2. The maximum Gasteiger partial charge on any atom is 0.162 e. The van der Waals surface area contributed by atoms with Crippen LogP contribution in [0.3, 0.4) is 0 Å². The summed E-state index contributed by atoms with van der Waals surface area (Å²) in [7, 11) is -2.89. The molecule has 5 heteroatoms. The molecule has 0 aromatic heterocycles. The number of nitrogens with one attached hydrogen (secondary N) is 1. The molecular formula is C14H19NO3S. The van der Waals surface area contributed by atoms with Gasteiger partial charge in [-0.25, -0.2) is 8.42 Å². The first-order valence-electron chi connectivity index (χ1n) is 6.60. The van der Waals surface area contributed by atoms with Crippen molar-refractivity contribution in [3.8, 4) is 0 Å². The Morgan fingerprint density at radius 1 is 1.32 bits per heavy atom. The van der Waals surface area contributed by atoms with Crippen molar-refractivity contribution in [2.24, 2.45) is 0 Å². The van der Waals surface area contributed by atoms with Crippen molar-refractivity contribution in [3.05, 3.63) is 29.8 Å². The lowest BCUT2D eigenvalue weighted by Gasteiger charge is -2.24. The van der Waals surface area contributed by atoms with Crippen molar-refractivity contribution >= 4 is 21.3 Å². The summed E-state index contributed by atoms with van der Waals surface area (Å²) in [6, 6.07) is 7.22. The van der Waals surface area contributed by atoms with Gasteiger partial charge in [-0.05, 0) is 37.1 Å². The van der Waals surface area contributed by atoms with E-state index >= 15 is 0 Å². The molecule has 1 aromatic rings. The molecule has 1 aromatic carbocycles. The van der Waals surface area contributed by atoms with E-state index in [1.807, 2.05) is 19.1 Å². The van der Waals surface area contributed by atoms with E-state index < -0.39 is 9.84 Å². The van der Waals surface area contributed by atoms with Crippen molar-refractivity contribution in [2.45, 2.75) is 32.2 Å². The lowest BCUT2D eigenvalue weighted by Crippen LogP contribution is -2.34. The molecule has 1 aliphatic heterocycles. The summed E-state index contributed by atoms with van der Waals surface area (Å²) in [4.78, 5) is 11.5. The third-order valence-corrected chi connectivity index (χ3v) is 5.18. The summed E-state index contributed by atoms with van der Waals surface area (Å²) in [5, 5.41) is 3.23. The minimum Gasteiger partial charge on any atom is -0.381 e. The van der Waals surface area contributed by atoms with Crippen LogP contribution in [0, 0.1) is 0 Å². The smallest absolute Gasteiger partial charge is 0.162 e. The van der Waals surface area contributed by atoms with Crippen molar-refractivity contribution in [2.75, 3.05) is 16.8 Å². The first kappa shape index (κ1) is 14.1. The Bertz CT molecular complexity index is 549. The van der Waals surface area contributed by atoms with Crippen LogP contribution in [0.2, 0.25) is 0 Å². The SMILES string of the molecule is CCC(=O)c1ccc(NC2CCCS(=O)(=O)C2)cc1. The Balaban J connectivity index is 2.01. The van der Waals surface area contributed by atoms with Gasteiger partial charge in [0, 0.05) is 23.7 Å². The lowest BCUT2D eigenvalue weighted by molar-refractivity contribution is 0.0988. The maximum absolute atomic E-state index is 11.5. The Morgan fingerprint density at radius 3 is 2.58 bits per heavy atom. The largest absolute Gasteiger partial charge is 0.381 e. The minimum atomic E-state index is -2.89. The molecule has 4 nitrogen and oxygen atoms in total. The molecule has 0 saturated carbocycles. The zero-order valence-corrected chi connectivity index (χ0v) is 11.9. The van der Waals surface area contributed by atoms with Gasteiger partial charge in [0.25, 0.3) is 0 Å². The average Bonchev–Trinajstić information content (AvgIpc) is 2.37. The molecule has 19 heavy (non-hydrogen) atoms. The van der Waals surface area contributed by atoms with E-state index in [4.69, 9.17) is 0 Å². The second-order valence-electron chi connectivity index (χ2n) is 4.95. The molecule has 1 unspecified atom stereocenters. The molecule has 1 N–H and O–H groups in total. The van der Waals surface area contributed by atoms with Gasteiger partial charge in [-0.2, -0.15) is 0 Å². The van der Waals surface area contributed by atoms with E-state index in [1.165, 1.54) is 0 Å². The Hall–Kier alpha value is -1.36. The van der Waals surface area contributed by atoms with Crippen LogP contribution in [-0.4, -0.2) is 31.7 Å². The van der Waals surface area contributed by atoms with Crippen molar-refractivity contribution < 1.29 is 13.2 Å². The van der Waals surface area contributed by atoms with E-state index in [0.717, 1.165) is 12.1 Å². The van der Waals surface area contributed by atoms with Crippen LogP contribution in [0.1, 0.15) is 36.5 Å². The van der Waals surface area contributed by atoms with Crippen LogP contribution in [0.15, 0.2) is 24.3 Å². The van der Waals surface area contributed by atoms with Gasteiger partial charge < -0.3 is 5.32 Å². The van der Waals surface area contributed by atoms with Gasteiger partial charge in [-0.15, -0.1) is 0 Å². The van der Waals surface area contributed by atoms with Gasteiger partial charge in [-0.1, -0.05) is 6.92 Å². The van der Waals surface area contributed by atoms with Crippen molar-refractivity contribution in [1.29, 1.82) is 0 Å². The summed E-state index contributed by atoms with van der Waals surface area (Å²) in [5.41, 5.74) is 1.57. The van der Waals surface area contributed by atoms with Crippen LogP contribution in [-0.2, 0) is 9.84 Å². The number of benzene rings is 1. The topological polar surface area (TPSA) is 63.2 Å². The Labute approximate surface area is 114 Å². The Morgan fingerprint density at radius 2 is 2.00 bits per heavy atom. The van der Waals surface area contributed by atoms with Gasteiger partial charge in [0.2, 0.25) is 0 Å². The molecule has 0 aliphatic carbocycles. The fourth-order valence-corrected chi connectivity index (χ4v) is 3.97. The van der Waals surface area contributed by atoms with Crippen LogP contribution in [0.4, 0.5) is 5.69 Å². The third kappa shape index (κ3) is 3.80. The quantitative estimate of drug-likeness (QED) is 0.860. The van der Waals surface area contributed by atoms with Crippen LogP contribution in [0.25, 0.3) is 0 Å². The van der Waals surface area contributed by atoms with Crippen LogP contribution >= 0.6 is 0 Å². The highest BCUT2D eigenvalue weighted by Gasteiger charge is 2.24. The molecule has 0 amide bonds. The van der Waals surface area contributed by atoms with Crippen LogP contribution in [0.5, 0.6) is 0 Å². The fraction of sp³-hybridized carbons (Fsp3) is 0.500. The monoisotopic (exact) mass is 281 g/mol. The summed E-state index contributed by atoms with van der Waals surface area (Å²) < 4.78 is 23.1. The molecule has 104 valence electrons. The predicted octanol–water partition coefficient (Wildman–Crippen LogP) is 2.27. The van der Waals surface area contributed by atoms with E-state index in [-0.39, 0.29) is 17.6 Å². The molecule has 2 rings (SSSR count). The van der Waals surface area contributed by atoms with E-state index in [0.29, 0.717) is 24.2 Å². The molecule has 0 spiro atoms. The van der Waals surface area contributed by atoms with E-state index in [1.54, 1.807) is 12.1 Å². The van der Waals surface area contributed by atoms with Gasteiger partial charge in [-0.3, -0.25) is 4.79 Å². The number of sulfone groups is 1. The average molecular weight is 281 g/mol. The van der Waals surface area contributed by atoms with Gasteiger partial charge in [0.1, 0.15) is 0 Å². The molecule has 1 fully saturated rings. The first-order chi connectivity index (χ1) is 9.00. The Kier molecular flexibility index (Phi) is 4.24. The summed E-state index contributed by atoms with van der Waals surface area (Å²) in [6.07, 6.45) is 2.08. The second-order valence-corrected chi connectivity index (χ2v) is 7.18. The number of carbonyl (C=O) groups is 1. The molecule has 0 bridgehead atoms. The minimum absolute atomic E-state index is 0.0218. The molecule has 1 atom stereocenters. The molecule has 1 heterocycles. The number of hydrogen-bond acceptors (Lipinski definition) is 4. The van der Waals surface area contributed by atoms with E-state index in [2.05, 4.69) is 5.32 Å². The zero-order chi connectivity index (χ0) is 13.9. The number of Topliss-reactive ketones (excluding diaryl/α,β-unsaturated/α-hetero) is 1. The zero-order valence-electron chi connectivity index (χ0n) is 11.1. The normalized spacial score (nSPS) is 21.8. The summed E-state index contributed by atoms with van der Waals surface area (Å²) in [5.74, 6) is 0.615. The number of ketones is 1. The standard InChI is InChI=1S/C14H19NO3S/c1-2-14(16)11-5-7-12(8-6-11)15-13-4-3-9-19(17,18)10-13/h5-8,13,15H,2-4,9-10H2,1H3. The second kappa shape index (κ2) is 5.74. The molecule has 0 radical (unpaired) electrons. The predicted molar refractivity (Wildman–Crippen MR) is 76.4 cm³/mol. The number of anilines is 1. The third-order valence-electron chi connectivity index (χ3n) is 3.36. The fourth-order valence-electron chi connectivity index (χ4n) is 2.33. The van der Waals surface area contributed by atoms with Crippen molar-refractivity contribution in [3.63, 3.8) is 0 Å². The highest BCUT2D eigenvalue weighted by molar-refractivity contribution is 7.91. The van der Waals surface area contributed by atoms with Crippen molar-refractivity contribution in [1.82, 2.24) is 0 Å². The van der Waals surface area contributed by atoms with Gasteiger partial charge in [0.15, 0.2) is 15.6 Å². The van der Waals surface area contributed by atoms with Gasteiger partial charge in [0.05, 0.1) is 11.5 Å². The lowest BCUT2D eigenvalue weighted by atomic mass is 10.1. The molecule has 1 aliphatic rings. The highest BCUT2D eigenvalue weighted by Crippen LogP contribution is 2.18. The molecule has 1 saturated heterocycles. The summed E-state index contributed by atoms with van der Waals surface area (Å²) >= 11 is 0. The summed E-state index contributed by atoms with van der Waals surface area (Å²) in [6.45, 7) is 1.83. The number of hydrogen-bond donors (Lipinski definition) is 1.